The average molecular weight is 815 g/mol. The van der Waals surface area contributed by atoms with Crippen molar-refractivity contribution in [3.8, 4) is 50.2 Å². The lowest BCUT2D eigenvalue weighted by Gasteiger charge is -2.28. The molecule has 11 aromatic carbocycles. The van der Waals surface area contributed by atoms with E-state index in [0.29, 0.717) is 0 Å². The van der Waals surface area contributed by atoms with Crippen molar-refractivity contribution in [2.24, 2.45) is 0 Å². The second-order valence-electron chi connectivity index (χ2n) is 16.4. The molecular weight excluding hydrogens is 773 g/mol. The molecule has 0 saturated heterocycles. The summed E-state index contributed by atoms with van der Waals surface area (Å²) in [6, 6.07) is 92.6. The monoisotopic (exact) mass is 814 g/mol. The van der Waals surface area contributed by atoms with Gasteiger partial charge in [-0.3, -0.25) is 0 Å². The number of benzene rings is 11. The first kappa shape index (κ1) is 37.3. The van der Waals surface area contributed by atoms with Crippen molar-refractivity contribution in [2.45, 2.75) is 0 Å². The fourth-order valence-corrected chi connectivity index (χ4v) is 9.85. The van der Waals surface area contributed by atoms with Gasteiger partial charge in [0.1, 0.15) is 0 Å². The minimum absolute atomic E-state index is 1.08. The SMILES string of the molecule is c1ccc(-c2ccccc2N(c2ccc(-c3ccccc3-n3c4ccccc4c4ccc5ccccc5c43)cc2)c2ccc(-c3ccc(-c4ccccc4)c4ccccc34)cc2)cc1. The number of nitrogens with zero attached hydrogens (tertiary/aromatic N) is 2. The first-order chi connectivity index (χ1) is 31.8. The van der Waals surface area contributed by atoms with Gasteiger partial charge >= 0.3 is 0 Å². The first-order valence-corrected chi connectivity index (χ1v) is 22.0. The summed E-state index contributed by atoms with van der Waals surface area (Å²) >= 11 is 0. The lowest BCUT2D eigenvalue weighted by atomic mass is 9.92. The zero-order valence-electron chi connectivity index (χ0n) is 35.1. The van der Waals surface area contributed by atoms with Crippen molar-refractivity contribution in [3.05, 3.63) is 255 Å². The van der Waals surface area contributed by atoms with Crippen LogP contribution in [0.25, 0.3) is 93.5 Å². The van der Waals surface area contributed by atoms with Crippen LogP contribution in [0.2, 0.25) is 0 Å². The molecule has 0 aliphatic heterocycles. The fraction of sp³-hybridized carbons (Fsp3) is 0. The van der Waals surface area contributed by atoms with Crippen molar-refractivity contribution < 1.29 is 0 Å². The van der Waals surface area contributed by atoms with Crippen LogP contribution in [-0.2, 0) is 0 Å². The number of fused-ring (bicyclic) bond motifs is 6. The van der Waals surface area contributed by atoms with E-state index in [0.717, 1.165) is 28.3 Å². The van der Waals surface area contributed by atoms with Crippen LogP contribution >= 0.6 is 0 Å². The molecule has 2 heteroatoms. The van der Waals surface area contributed by atoms with E-state index >= 15 is 0 Å². The van der Waals surface area contributed by atoms with Crippen LogP contribution in [0.15, 0.2) is 255 Å². The molecule has 0 saturated carbocycles. The van der Waals surface area contributed by atoms with Crippen LogP contribution < -0.4 is 4.90 Å². The molecular formula is C62H42N2. The average Bonchev–Trinajstić information content (AvgIpc) is 3.72. The minimum atomic E-state index is 1.08. The Labute approximate surface area is 373 Å². The molecule has 0 unspecified atom stereocenters. The normalized spacial score (nSPS) is 11.4. The molecule has 0 spiro atoms. The zero-order chi connectivity index (χ0) is 42.4. The van der Waals surface area contributed by atoms with Gasteiger partial charge in [-0.2, -0.15) is 0 Å². The molecule has 0 aliphatic rings. The molecule has 300 valence electrons. The maximum Gasteiger partial charge on any atom is 0.0619 e. The van der Waals surface area contributed by atoms with Crippen LogP contribution in [0, 0.1) is 0 Å². The van der Waals surface area contributed by atoms with Gasteiger partial charge in [0.15, 0.2) is 0 Å². The van der Waals surface area contributed by atoms with E-state index in [1.54, 1.807) is 0 Å². The Morgan fingerprint density at radius 1 is 0.266 bits per heavy atom. The van der Waals surface area contributed by atoms with E-state index in [2.05, 4.69) is 264 Å². The Bertz CT molecular complexity index is 3640. The first-order valence-electron chi connectivity index (χ1n) is 22.0. The highest BCUT2D eigenvalue weighted by molar-refractivity contribution is 6.19. The molecule has 1 heterocycles. The molecule has 0 bridgehead atoms. The van der Waals surface area contributed by atoms with Crippen molar-refractivity contribution in [2.75, 3.05) is 4.90 Å². The number of rotatable bonds is 8. The van der Waals surface area contributed by atoms with Gasteiger partial charge in [-0.15, -0.1) is 0 Å². The van der Waals surface area contributed by atoms with Crippen molar-refractivity contribution >= 4 is 60.4 Å². The standard InChI is InChI=1S/C62H42N2/c1-3-17-43(18-4-1)50-41-42-51(56-26-10-9-25-55(50)56)46-31-36-48(37-32-46)63(59-28-14-11-22-52(59)44-19-5-2-6-20-44)49-38-33-47(34-39-49)53-23-12-15-29-60(53)64-61-30-16-13-27-57(61)58-40-35-45-21-7-8-24-54(45)62(58)64/h1-42H. The Kier molecular flexibility index (Phi) is 9.20. The maximum atomic E-state index is 2.47. The predicted octanol–water partition coefficient (Wildman–Crippen LogP) is 17.2. The van der Waals surface area contributed by atoms with Gasteiger partial charge in [0.05, 0.1) is 22.4 Å². The van der Waals surface area contributed by atoms with E-state index in [1.807, 2.05) is 0 Å². The van der Waals surface area contributed by atoms with Gasteiger partial charge in [0.2, 0.25) is 0 Å². The third-order valence-electron chi connectivity index (χ3n) is 12.8. The highest BCUT2D eigenvalue weighted by Gasteiger charge is 2.20. The topological polar surface area (TPSA) is 8.17 Å². The number of hydrogen-bond donors (Lipinski definition) is 0. The van der Waals surface area contributed by atoms with E-state index in [9.17, 15) is 0 Å². The van der Waals surface area contributed by atoms with E-state index < -0.39 is 0 Å². The lowest BCUT2D eigenvalue weighted by Crippen LogP contribution is -2.11. The quantitative estimate of drug-likeness (QED) is 0.148. The van der Waals surface area contributed by atoms with Crippen molar-refractivity contribution in [1.29, 1.82) is 0 Å². The van der Waals surface area contributed by atoms with Gasteiger partial charge in [0.25, 0.3) is 0 Å². The number of para-hydroxylation sites is 3. The molecule has 0 radical (unpaired) electrons. The van der Waals surface area contributed by atoms with Crippen LogP contribution in [0.4, 0.5) is 17.1 Å². The van der Waals surface area contributed by atoms with Gasteiger partial charge in [-0.1, -0.05) is 212 Å². The molecule has 0 amide bonds. The molecule has 0 N–H and O–H groups in total. The summed E-state index contributed by atoms with van der Waals surface area (Å²) in [4.78, 5) is 2.40. The van der Waals surface area contributed by atoms with E-state index in [1.165, 1.54) is 82.3 Å². The van der Waals surface area contributed by atoms with Crippen LogP contribution in [0.5, 0.6) is 0 Å². The highest BCUT2D eigenvalue weighted by Crippen LogP contribution is 2.44. The molecule has 64 heavy (non-hydrogen) atoms. The van der Waals surface area contributed by atoms with E-state index in [-0.39, 0.29) is 0 Å². The Morgan fingerprint density at radius 2 is 0.734 bits per heavy atom. The van der Waals surface area contributed by atoms with E-state index in [4.69, 9.17) is 0 Å². The van der Waals surface area contributed by atoms with Gasteiger partial charge in [-0.25, -0.2) is 0 Å². The highest BCUT2D eigenvalue weighted by atomic mass is 15.1. The third kappa shape index (κ3) is 6.35. The smallest absolute Gasteiger partial charge is 0.0619 e. The fourth-order valence-electron chi connectivity index (χ4n) is 9.85. The second kappa shape index (κ2) is 15.8. The summed E-state index contributed by atoms with van der Waals surface area (Å²) in [5, 5.41) is 7.49. The lowest BCUT2D eigenvalue weighted by molar-refractivity contribution is 1.19. The Morgan fingerprint density at radius 3 is 1.39 bits per heavy atom. The van der Waals surface area contributed by atoms with Gasteiger partial charge < -0.3 is 9.47 Å². The molecule has 0 atom stereocenters. The second-order valence-corrected chi connectivity index (χ2v) is 16.4. The van der Waals surface area contributed by atoms with Crippen LogP contribution in [0.3, 0.4) is 0 Å². The molecule has 0 fully saturated rings. The molecule has 0 aliphatic carbocycles. The Balaban J connectivity index is 0.984. The summed E-state index contributed by atoms with van der Waals surface area (Å²) in [5.74, 6) is 0. The molecule has 2 nitrogen and oxygen atoms in total. The largest absolute Gasteiger partial charge is 0.310 e. The maximum absolute atomic E-state index is 2.47. The van der Waals surface area contributed by atoms with Gasteiger partial charge in [0, 0.05) is 38.7 Å². The Hall–Kier alpha value is -8.46. The van der Waals surface area contributed by atoms with Crippen molar-refractivity contribution in [3.63, 3.8) is 0 Å². The van der Waals surface area contributed by atoms with Crippen LogP contribution in [0.1, 0.15) is 0 Å². The summed E-state index contributed by atoms with van der Waals surface area (Å²) in [7, 11) is 0. The summed E-state index contributed by atoms with van der Waals surface area (Å²) in [6.45, 7) is 0. The third-order valence-corrected chi connectivity index (χ3v) is 12.8. The van der Waals surface area contributed by atoms with Crippen molar-refractivity contribution in [1.82, 2.24) is 4.57 Å². The number of hydrogen-bond acceptors (Lipinski definition) is 1. The summed E-state index contributed by atoms with van der Waals surface area (Å²) in [5.41, 5.74) is 16.4. The molecule has 1 aromatic heterocycles. The summed E-state index contributed by atoms with van der Waals surface area (Å²) in [6.07, 6.45) is 0. The number of anilines is 3. The predicted molar refractivity (Wildman–Crippen MR) is 272 cm³/mol. The minimum Gasteiger partial charge on any atom is -0.310 e. The summed E-state index contributed by atoms with van der Waals surface area (Å²) < 4.78 is 2.47. The molecule has 12 aromatic rings. The van der Waals surface area contributed by atoms with Crippen LogP contribution in [-0.4, -0.2) is 4.57 Å². The number of aromatic nitrogens is 1. The molecule has 12 rings (SSSR count). The van der Waals surface area contributed by atoms with Gasteiger partial charge in [-0.05, 0) is 92.0 Å². The zero-order valence-corrected chi connectivity index (χ0v) is 35.1.